The molecule has 5 heteroatoms. The molecule has 4 N–H and O–H groups in total. The fraction of sp³-hybridized carbons (Fsp3) is 0.0833. The molecular formula is C12H12N4O. The van der Waals surface area contributed by atoms with Crippen molar-refractivity contribution in [3.63, 3.8) is 0 Å². The van der Waals surface area contributed by atoms with E-state index >= 15 is 0 Å². The van der Waals surface area contributed by atoms with Gasteiger partial charge in [-0.3, -0.25) is 5.10 Å². The standard InChI is InChI=1S/C12H12N4O/c1-17-7-2-3-10-8(4-7)9(6-14-10)11-5-12(13)16-15-11/h2-6,14H,1H3,(H3,13,15,16). The van der Waals surface area contributed by atoms with Crippen molar-refractivity contribution in [3.05, 3.63) is 30.5 Å². The molecule has 0 aliphatic carbocycles. The molecule has 3 aromatic rings. The second-order valence-electron chi connectivity index (χ2n) is 3.82. The molecular weight excluding hydrogens is 216 g/mol. The number of rotatable bonds is 2. The van der Waals surface area contributed by atoms with Crippen LogP contribution in [0.15, 0.2) is 30.5 Å². The third-order valence-electron chi connectivity index (χ3n) is 2.78. The lowest BCUT2D eigenvalue weighted by molar-refractivity contribution is 0.415. The zero-order chi connectivity index (χ0) is 11.8. The van der Waals surface area contributed by atoms with Crippen LogP contribution in [-0.2, 0) is 0 Å². The second kappa shape index (κ2) is 3.55. The molecule has 0 saturated carbocycles. The van der Waals surface area contributed by atoms with Gasteiger partial charge in [0, 0.05) is 28.7 Å². The number of nitrogens with zero attached hydrogens (tertiary/aromatic N) is 1. The van der Waals surface area contributed by atoms with Gasteiger partial charge < -0.3 is 15.5 Å². The number of ether oxygens (including phenoxy) is 1. The Balaban J connectivity index is 2.22. The number of H-pyrrole nitrogens is 2. The van der Waals surface area contributed by atoms with Gasteiger partial charge in [0.15, 0.2) is 0 Å². The quantitative estimate of drug-likeness (QED) is 0.628. The van der Waals surface area contributed by atoms with Gasteiger partial charge in [-0.05, 0) is 18.2 Å². The Kier molecular flexibility index (Phi) is 2.04. The summed E-state index contributed by atoms with van der Waals surface area (Å²) < 4.78 is 5.22. The monoisotopic (exact) mass is 228 g/mol. The van der Waals surface area contributed by atoms with E-state index in [0.29, 0.717) is 5.82 Å². The number of benzene rings is 1. The normalized spacial score (nSPS) is 10.9. The predicted molar refractivity (Wildman–Crippen MR) is 66.8 cm³/mol. The van der Waals surface area contributed by atoms with E-state index in [1.165, 1.54) is 0 Å². The van der Waals surface area contributed by atoms with Gasteiger partial charge in [0.1, 0.15) is 11.6 Å². The maximum Gasteiger partial charge on any atom is 0.145 e. The summed E-state index contributed by atoms with van der Waals surface area (Å²) in [5, 5.41) is 7.91. The highest BCUT2D eigenvalue weighted by Gasteiger charge is 2.09. The van der Waals surface area contributed by atoms with Crippen molar-refractivity contribution in [2.75, 3.05) is 12.8 Å². The maximum absolute atomic E-state index is 5.61. The van der Waals surface area contributed by atoms with Crippen LogP contribution in [0, 0.1) is 0 Å². The van der Waals surface area contributed by atoms with Gasteiger partial charge in [-0.2, -0.15) is 5.10 Å². The average molecular weight is 228 g/mol. The lowest BCUT2D eigenvalue weighted by atomic mass is 10.1. The minimum atomic E-state index is 0.484. The zero-order valence-corrected chi connectivity index (χ0v) is 9.32. The summed E-state index contributed by atoms with van der Waals surface area (Å²) in [4.78, 5) is 3.20. The SMILES string of the molecule is COc1ccc2[nH]cc(-c3cc(N)n[nH]3)c2c1. The van der Waals surface area contributed by atoms with Crippen LogP contribution in [0.1, 0.15) is 0 Å². The Labute approximate surface area is 97.6 Å². The first-order valence-electron chi connectivity index (χ1n) is 5.24. The van der Waals surface area contributed by atoms with Crippen molar-refractivity contribution in [1.82, 2.24) is 15.2 Å². The van der Waals surface area contributed by atoms with Crippen LogP contribution >= 0.6 is 0 Å². The van der Waals surface area contributed by atoms with Crippen molar-refractivity contribution in [2.45, 2.75) is 0 Å². The van der Waals surface area contributed by atoms with Gasteiger partial charge in [0.2, 0.25) is 0 Å². The molecule has 0 aliphatic heterocycles. The van der Waals surface area contributed by atoms with Crippen LogP contribution in [0.25, 0.3) is 22.2 Å². The minimum absolute atomic E-state index is 0.484. The molecule has 0 bridgehead atoms. The number of nitrogen functional groups attached to an aromatic ring is 1. The van der Waals surface area contributed by atoms with E-state index in [1.54, 1.807) is 7.11 Å². The molecule has 1 aromatic carbocycles. The molecule has 2 heterocycles. The predicted octanol–water partition coefficient (Wildman–Crippen LogP) is 2.15. The van der Waals surface area contributed by atoms with Gasteiger partial charge in [-0.15, -0.1) is 0 Å². The molecule has 0 radical (unpaired) electrons. The number of aromatic amines is 2. The number of fused-ring (bicyclic) bond motifs is 1. The minimum Gasteiger partial charge on any atom is -0.497 e. The first-order valence-corrected chi connectivity index (χ1v) is 5.24. The average Bonchev–Trinajstić information content (AvgIpc) is 2.93. The summed E-state index contributed by atoms with van der Waals surface area (Å²) >= 11 is 0. The second-order valence-corrected chi connectivity index (χ2v) is 3.82. The number of hydrogen-bond donors (Lipinski definition) is 3. The number of methoxy groups -OCH3 is 1. The Morgan fingerprint density at radius 3 is 2.88 bits per heavy atom. The Bertz CT molecular complexity index is 668. The van der Waals surface area contributed by atoms with Crippen LogP contribution in [0.4, 0.5) is 5.82 Å². The smallest absolute Gasteiger partial charge is 0.145 e. The zero-order valence-electron chi connectivity index (χ0n) is 9.32. The van der Waals surface area contributed by atoms with E-state index < -0.39 is 0 Å². The van der Waals surface area contributed by atoms with Gasteiger partial charge in [-0.25, -0.2) is 0 Å². The molecule has 17 heavy (non-hydrogen) atoms. The van der Waals surface area contributed by atoms with Gasteiger partial charge in [0.05, 0.1) is 12.8 Å². The molecule has 5 nitrogen and oxygen atoms in total. The molecule has 0 spiro atoms. The summed E-state index contributed by atoms with van der Waals surface area (Å²) in [7, 11) is 1.65. The lowest BCUT2D eigenvalue weighted by Crippen LogP contribution is -1.82. The Morgan fingerprint density at radius 2 is 2.18 bits per heavy atom. The molecule has 0 atom stereocenters. The van der Waals surface area contributed by atoms with Gasteiger partial charge in [-0.1, -0.05) is 0 Å². The number of nitrogens with one attached hydrogen (secondary N) is 2. The highest BCUT2D eigenvalue weighted by molar-refractivity contribution is 5.95. The summed E-state index contributed by atoms with van der Waals surface area (Å²) in [5.74, 6) is 1.31. The van der Waals surface area contributed by atoms with Crippen molar-refractivity contribution >= 4 is 16.7 Å². The number of aromatic nitrogens is 3. The van der Waals surface area contributed by atoms with E-state index in [0.717, 1.165) is 27.9 Å². The maximum atomic E-state index is 5.61. The van der Waals surface area contributed by atoms with E-state index in [4.69, 9.17) is 10.5 Å². The largest absolute Gasteiger partial charge is 0.497 e. The Morgan fingerprint density at radius 1 is 1.29 bits per heavy atom. The fourth-order valence-corrected chi connectivity index (χ4v) is 1.92. The van der Waals surface area contributed by atoms with Crippen LogP contribution < -0.4 is 10.5 Å². The number of hydrogen-bond acceptors (Lipinski definition) is 3. The first kappa shape index (κ1) is 9.77. The topological polar surface area (TPSA) is 79.7 Å². The summed E-state index contributed by atoms with van der Waals surface area (Å²) in [5.41, 5.74) is 8.58. The van der Waals surface area contributed by atoms with Crippen LogP contribution in [-0.4, -0.2) is 22.3 Å². The highest BCUT2D eigenvalue weighted by atomic mass is 16.5. The lowest BCUT2D eigenvalue weighted by Gasteiger charge is -2.00. The highest BCUT2D eigenvalue weighted by Crippen LogP contribution is 2.30. The third kappa shape index (κ3) is 1.52. The molecule has 0 fully saturated rings. The fourth-order valence-electron chi connectivity index (χ4n) is 1.92. The van der Waals surface area contributed by atoms with E-state index in [9.17, 15) is 0 Å². The van der Waals surface area contributed by atoms with Crippen molar-refractivity contribution in [3.8, 4) is 17.0 Å². The summed E-state index contributed by atoms with van der Waals surface area (Å²) in [6, 6.07) is 7.70. The van der Waals surface area contributed by atoms with Gasteiger partial charge >= 0.3 is 0 Å². The molecule has 86 valence electrons. The molecule has 0 aliphatic rings. The number of anilines is 1. The van der Waals surface area contributed by atoms with Crippen molar-refractivity contribution < 1.29 is 4.74 Å². The third-order valence-corrected chi connectivity index (χ3v) is 2.78. The molecule has 0 unspecified atom stereocenters. The van der Waals surface area contributed by atoms with Crippen LogP contribution in [0.5, 0.6) is 5.75 Å². The molecule has 2 aromatic heterocycles. The van der Waals surface area contributed by atoms with Crippen molar-refractivity contribution in [2.24, 2.45) is 0 Å². The van der Waals surface area contributed by atoms with Gasteiger partial charge in [0.25, 0.3) is 0 Å². The molecule has 0 amide bonds. The molecule has 0 saturated heterocycles. The van der Waals surface area contributed by atoms with E-state index in [-0.39, 0.29) is 0 Å². The number of nitrogens with two attached hydrogens (primary N) is 1. The summed E-state index contributed by atoms with van der Waals surface area (Å²) in [6.45, 7) is 0. The molecule has 3 rings (SSSR count). The van der Waals surface area contributed by atoms with Crippen molar-refractivity contribution in [1.29, 1.82) is 0 Å². The van der Waals surface area contributed by atoms with E-state index in [2.05, 4.69) is 15.2 Å². The van der Waals surface area contributed by atoms with Crippen LogP contribution in [0.3, 0.4) is 0 Å². The first-order chi connectivity index (χ1) is 8.28. The van der Waals surface area contributed by atoms with E-state index in [1.807, 2.05) is 30.5 Å². The summed E-state index contributed by atoms with van der Waals surface area (Å²) in [6.07, 6.45) is 1.93. The Hall–Kier alpha value is -2.43. The van der Waals surface area contributed by atoms with Crippen LogP contribution in [0.2, 0.25) is 0 Å².